The normalized spacial score (nSPS) is 11.4. The Morgan fingerprint density at radius 1 is 1.27 bits per heavy atom. The molecular weight excluding hydrogens is 306 g/mol. The van der Waals surface area contributed by atoms with Crippen LogP contribution in [0.2, 0.25) is 0 Å². The van der Waals surface area contributed by atoms with Crippen LogP contribution in [0.1, 0.15) is 29.1 Å². The molecule has 3 rings (SSSR count). The highest BCUT2D eigenvalue weighted by molar-refractivity contribution is 7.16. The Morgan fingerprint density at radius 3 is 2.68 bits per heavy atom. The zero-order valence-electron chi connectivity index (χ0n) is 12.5. The molecule has 0 atom stereocenters. The summed E-state index contributed by atoms with van der Waals surface area (Å²) in [7, 11) is 0. The summed E-state index contributed by atoms with van der Waals surface area (Å²) >= 11 is 1.48. The number of nitrogens with zero attached hydrogens (tertiary/aromatic N) is 7. The molecule has 0 aliphatic heterocycles. The predicted molar refractivity (Wildman–Crippen MR) is 80.1 cm³/mol. The largest absolute Gasteiger partial charge is 0.312 e. The Morgan fingerprint density at radius 2 is 2.05 bits per heavy atom. The molecule has 0 radical (unpaired) electrons. The summed E-state index contributed by atoms with van der Waals surface area (Å²) in [6, 6.07) is 0. The summed E-state index contributed by atoms with van der Waals surface area (Å²) in [6.45, 7) is 5.92. The zero-order valence-corrected chi connectivity index (χ0v) is 13.3. The third kappa shape index (κ3) is 2.34. The van der Waals surface area contributed by atoms with E-state index < -0.39 is 0 Å². The van der Waals surface area contributed by atoms with Gasteiger partial charge in [0.15, 0.2) is 5.82 Å². The van der Waals surface area contributed by atoms with E-state index in [9.17, 15) is 10.1 Å². The molecule has 0 bridgehead atoms. The Bertz CT molecular complexity index is 847. The number of aromatic nitrogens is 6. The van der Waals surface area contributed by atoms with Crippen molar-refractivity contribution in [2.75, 3.05) is 0 Å². The van der Waals surface area contributed by atoms with Crippen LogP contribution in [0.5, 0.6) is 0 Å². The molecule has 0 fully saturated rings. The monoisotopic (exact) mass is 321 g/mol. The van der Waals surface area contributed by atoms with E-state index >= 15 is 0 Å². The first-order valence-corrected chi connectivity index (χ1v) is 7.71. The number of nitro groups is 1. The van der Waals surface area contributed by atoms with Gasteiger partial charge in [0.2, 0.25) is 4.96 Å². The molecule has 22 heavy (non-hydrogen) atoms. The van der Waals surface area contributed by atoms with E-state index in [0.29, 0.717) is 24.4 Å². The average Bonchev–Trinajstić information content (AvgIpc) is 3.09. The van der Waals surface area contributed by atoms with Gasteiger partial charge in [-0.1, -0.05) is 18.3 Å². The SMILES string of the molecule is CCc1nnc2sc(CCn3nc(C)c([N+](=O)[O-])c3C)nn12. The molecule has 3 aromatic rings. The van der Waals surface area contributed by atoms with Gasteiger partial charge in [0, 0.05) is 19.4 Å². The van der Waals surface area contributed by atoms with Gasteiger partial charge in [0.1, 0.15) is 16.4 Å². The molecule has 0 unspecified atom stereocenters. The number of hydrogen-bond acceptors (Lipinski definition) is 7. The average molecular weight is 321 g/mol. The molecule has 0 N–H and O–H groups in total. The molecule has 0 saturated heterocycles. The third-order valence-electron chi connectivity index (χ3n) is 3.48. The fourth-order valence-corrected chi connectivity index (χ4v) is 3.23. The van der Waals surface area contributed by atoms with Gasteiger partial charge in [-0.2, -0.15) is 14.7 Å². The van der Waals surface area contributed by atoms with Gasteiger partial charge in [-0.05, 0) is 13.8 Å². The molecular formula is C12H15N7O2S. The lowest BCUT2D eigenvalue weighted by atomic mass is 10.3. The maximum atomic E-state index is 11.0. The molecule has 0 amide bonds. The van der Waals surface area contributed by atoms with Gasteiger partial charge in [0.25, 0.3) is 0 Å². The van der Waals surface area contributed by atoms with Crippen molar-refractivity contribution in [2.45, 2.75) is 40.2 Å². The van der Waals surface area contributed by atoms with Crippen molar-refractivity contribution in [3.8, 4) is 0 Å². The van der Waals surface area contributed by atoms with Gasteiger partial charge >= 0.3 is 5.69 Å². The minimum absolute atomic E-state index is 0.0893. The van der Waals surface area contributed by atoms with E-state index in [4.69, 9.17) is 0 Å². The first kappa shape index (κ1) is 14.6. The van der Waals surface area contributed by atoms with Crippen LogP contribution < -0.4 is 0 Å². The van der Waals surface area contributed by atoms with Crippen molar-refractivity contribution in [1.29, 1.82) is 0 Å². The maximum absolute atomic E-state index is 11.0. The molecule has 0 aromatic carbocycles. The summed E-state index contributed by atoms with van der Waals surface area (Å²) in [5, 5.41) is 28.8. The first-order valence-electron chi connectivity index (χ1n) is 6.89. The lowest BCUT2D eigenvalue weighted by molar-refractivity contribution is -0.386. The molecule has 0 spiro atoms. The Balaban J connectivity index is 1.80. The molecule has 3 aromatic heterocycles. The zero-order chi connectivity index (χ0) is 15.9. The van der Waals surface area contributed by atoms with Crippen molar-refractivity contribution >= 4 is 22.0 Å². The fraction of sp³-hybridized carbons (Fsp3) is 0.500. The van der Waals surface area contributed by atoms with Gasteiger partial charge in [0.05, 0.1) is 4.92 Å². The van der Waals surface area contributed by atoms with Crippen molar-refractivity contribution < 1.29 is 4.92 Å². The van der Waals surface area contributed by atoms with Crippen molar-refractivity contribution in [1.82, 2.24) is 29.6 Å². The fourth-order valence-electron chi connectivity index (χ4n) is 2.39. The quantitative estimate of drug-likeness (QED) is 0.523. The number of rotatable bonds is 5. The van der Waals surface area contributed by atoms with Crippen LogP contribution >= 0.6 is 11.3 Å². The van der Waals surface area contributed by atoms with E-state index in [1.54, 1.807) is 23.0 Å². The second-order valence-corrected chi connectivity index (χ2v) is 5.95. The van der Waals surface area contributed by atoms with Crippen LogP contribution in [0.4, 0.5) is 5.69 Å². The first-order chi connectivity index (χ1) is 10.5. The molecule has 9 nitrogen and oxygen atoms in total. The van der Waals surface area contributed by atoms with Gasteiger partial charge in [-0.15, -0.1) is 10.2 Å². The van der Waals surface area contributed by atoms with E-state index in [1.165, 1.54) is 11.3 Å². The standard InChI is InChI=1S/C12H15N7O2S/c1-4-9-13-14-12-18(9)16-10(22-12)5-6-17-8(3)11(19(20)21)7(2)15-17/h4-6H2,1-3H3. The van der Waals surface area contributed by atoms with E-state index in [2.05, 4.69) is 20.4 Å². The number of hydrogen-bond donors (Lipinski definition) is 0. The summed E-state index contributed by atoms with van der Waals surface area (Å²) in [5.74, 6) is 0.833. The second-order valence-electron chi connectivity index (χ2n) is 4.91. The number of aryl methyl sites for hydroxylation is 4. The Hall–Kier alpha value is -2.36. The summed E-state index contributed by atoms with van der Waals surface area (Å²) in [4.78, 5) is 11.4. The second kappa shape index (κ2) is 5.44. The van der Waals surface area contributed by atoms with Crippen LogP contribution in [0.15, 0.2) is 0 Å². The highest BCUT2D eigenvalue weighted by atomic mass is 32.1. The summed E-state index contributed by atoms with van der Waals surface area (Å²) in [6.07, 6.45) is 1.42. The Labute approximate surface area is 129 Å². The number of fused-ring (bicyclic) bond motifs is 1. The van der Waals surface area contributed by atoms with Gasteiger partial charge in [-0.25, -0.2) is 0 Å². The summed E-state index contributed by atoms with van der Waals surface area (Å²) in [5.41, 5.74) is 1.10. The van der Waals surface area contributed by atoms with Crippen LogP contribution in [0.3, 0.4) is 0 Å². The molecule has 116 valence electrons. The third-order valence-corrected chi connectivity index (χ3v) is 4.44. The molecule has 10 heteroatoms. The molecule has 3 heterocycles. The van der Waals surface area contributed by atoms with E-state index in [1.807, 2.05) is 6.92 Å². The highest BCUT2D eigenvalue weighted by Crippen LogP contribution is 2.22. The molecule has 0 aliphatic rings. The maximum Gasteiger partial charge on any atom is 0.312 e. The van der Waals surface area contributed by atoms with Gasteiger partial charge < -0.3 is 0 Å². The van der Waals surface area contributed by atoms with E-state index in [0.717, 1.165) is 22.2 Å². The summed E-state index contributed by atoms with van der Waals surface area (Å²) < 4.78 is 3.42. The highest BCUT2D eigenvalue weighted by Gasteiger charge is 2.21. The van der Waals surface area contributed by atoms with Crippen LogP contribution in [-0.2, 0) is 19.4 Å². The van der Waals surface area contributed by atoms with Crippen molar-refractivity contribution in [3.05, 3.63) is 32.3 Å². The topological polar surface area (TPSA) is 104 Å². The van der Waals surface area contributed by atoms with Crippen molar-refractivity contribution in [2.24, 2.45) is 0 Å². The van der Waals surface area contributed by atoms with Gasteiger partial charge in [-0.3, -0.25) is 14.8 Å². The minimum atomic E-state index is -0.384. The van der Waals surface area contributed by atoms with Crippen LogP contribution in [-0.4, -0.2) is 34.5 Å². The smallest absolute Gasteiger partial charge is 0.262 e. The van der Waals surface area contributed by atoms with Crippen LogP contribution in [0.25, 0.3) is 4.96 Å². The Kier molecular flexibility index (Phi) is 3.61. The van der Waals surface area contributed by atoms with Crippen LogP contribution in [0, 0.1) is 24.0 Å². The minimum Gasteiger partial charge on any atom is -0.262 e. The van der Waals surface area contributed by atoms with E-state index in [-0.39, 0.29) is 10.6 Å². The molecule has 0 aliphatic carbocycles. The lowest BCUT2D eigenvalue weighted by Gasteiger charge is -2.00. The lowest BCUT2D eigenvalue weighted by Crippen LogP contribution is -2.06. The molecule has 0 saturated carbocycles. The van der Waals surface area contributed by atoms with Crippen molar-refractivity contribution in [3.63, 3.8) is 0 Å². The predicted octanol–water partition coefficient (Wildman–Crippen LogP) is 1.71.